The standard InChI is InChI=1S/C10H22O2.C7H12O2/c1-3-5-7-11-9-10-12-8-6-4-2;1-5(2)7(8)9-6(3)4/h3-10H2,1-2H3;6H,1H2,2-4H3. The predicted octanol–water partition coefficient (Wildman–Crippen LogP) is 4.13. The van der Waals surface area contributed by atoms with Crippen molar-refractivity contribution in [1.82, 2.24) is 0 Å². The topological polar surface area (TPSA) is 44.8 Å². The van der Waals surface area contributed by atoms with Gasteiger partial charge >= 0.3 is 5.97 Å². The number of hydrogen-bond acceptors (Lipinski definition) is 4. The largest absolute Gasteiger partial charge is 0.460 e. The van der Waals surface area contributed by atoms with Crippen LogP contribution in [0.2, 0.25) is 0 Å². The van der Waals surface area contributed by atoms with Gasteiger partial charge in [0.25, 0.3) is 0 Å². The molecule has 0 fully saturated rings. The Balaban J connectivity index is 0. The van der Waals surface area contributed by atoms with E-state index in [1.165, 1.54) is 12.8 Å². The van der Waals surface area contributed by atoms with Gasteiger partial charge in [-0.05, 0) is 33.6 Å². The molecule has 0 spiro atoms. The van der Waals surface area contributed by atoms with Crippen LogP contribution in [-0.2, 0) is 19.0 Å². The van der Waals surface area contributed by atoms with Gasteiger partial charge in [-0.1, -0.05) is 33.3 Å². The summed E-state index contributed by atoms with van der Waals surface area (Å²) >= 11 is 0. The summed E-state index contributed by atoms with van der Waals surface area (Å²) in [7, 11) is 0. The normalized spacial score (nSPS) is 10.0. The quantitative estimate of drug-likeness (QED) is 0.327. The first kappa shape index (κ1) is 22.4. The van der Waals surface area contributed by atoms with Crippen LogP contribution in [0, 0.1) is 0 Å². The van der Waals surface area contributed by atoms with E-state index in [-0.39, 0.29) is 12.1 Å². The molecule has 0 radical (unpaired) electrons. The van der Waals surface area contributed by atoms with Gasteiger partial charge < -0.3 is 14.2 Å². The Hall–Kier alpha value is -0.870. The van der Waals surface area contributed by atoms with E-state index >= 15 is 0 Å². The molecule has 21 heavy (non-hydrogen) atoms. The van der Waals surface area contributed by atoms with Gasteiger partial charge in [0.15, 0.2) is 0 Å². The summed E-state index contributed by atoms with van der Waals surface area (Å²) < 4.78 is 15.4. The predicted molar refractivity (Wildman–Crippen MR) is 87.5 cm³/mol. The molecule has 0 heterocycles. The van der Waals surface area contributed by atoms with E-state index in [0.717, 1.165) is 39.3 Å². The lowest BCUT2D eigenvalue weighted by Crippen LogP contribution is -2.11. The summed E-state index contributed by atoms with van der Waals surface area (Å²) in [6.07, 6.45) is 4.69. The molecule has 0 rings (SSSR count). The van der Waals surface area contributed by atoms with Crippen LogP contribution in [0.4, 0.5) is 0 Å². The second kappa shape index (κ2) is 17.2. The zero-order chi connectivity index (χ0) is 16.5. The molecular weight excluding hydrogens is 268 g/mol. The Morgan fingerprint density at radius 2 is 1.38 bits per heavy atom. The van der Waals surface area contributed by atoms with E-state index < -0.39 is 0 Å². The summed E-state index contributed by atoms with van der Waals surface area (Å²) in [6.45, 7) is 16.3. The summed E-state index contributed by atoms with van der Waals surface area (Å²) in [6, 6.07) is 0. The van der Waals surface area contributed by atoms with Crippen LogP contribution in [0.3, 0.4) is 0 Å². The van der Waals surface area contributed by atoms with Crippen LogP contribution in [-0.4, -0.2) is 38.5 Å². The van der Waals surface area contributed by atoms with Crippen molar-refractivity contribution in [2.45, 2.75) is 66.4 Å². The molecule has 126 valence electrons. The first-order valence-corrected chi connectivity index (χ1v) is 7.97. The van der Waals surface area contributed by atoms with Crippen molar-refractivity contribution < 1.29 is 19.0 Å². The Bertz CT molecular complexity index is 239. The van der Waals surface area contributed by atoms with Gasteiger partial charge in [-0.25, -0.2) is 4.79 Å². The number of ether oxygens (including phenoxy) is 3. The highest BCUT2D eigenvalue weighted by atomic mass is 16.5. The summed E-state index contributed by atoms with van der Waals surface area (Å²) in [5.41, 5.74) is 0.448. The van der Waals surface area contributed by atoms with Crippen LogP contribution in [0.5, 0.6) is 0 Å². The average molecular weight is 302 g/mol. The van der Waals surface area contributed by atoms with Crippen LogP contribution >= 0.6 is 0 Å². The maximum atomic E-state index is 10.6. The lowest BCUT2D eigenvalue weighted by Gasteiger charge is -2.05. The fraction of sp³-hybridized carbons (Fsp3) is 0.824. The smallest absolute Gasteiger partial charge is 0.333 e. The number of carbonyl (C=O) groups excluding carboxylic acids is 1. The molecule has 4 nitrogen and oxygen atoms in total. The van der Waals surface area contributed by atoms with Gasteiger partial charge in [0, 0.05) is 18.8 Å². The number of hydrogen-bond donors (Lipinski definition) is 0. The minimum Gasteiger partial charge on any atom is -0.460 e. The van der Waals surface area contributed by atoms with Crippen LogP contribution in [0.15, 0.2) is 12.2 Å². The Labute approximate surface area is 130 Å². The van der Waals surface area contributed by atoms with Crippen molar-refractivity contribution in [3.05, 3.63) is 12.2 Å². The second-order valence-corrected chi connectivity index (χ2v) is 5.17. The van der Waals surface area contributed by atoms with E-state index in [0.29, 0.717) is 5.57 Å². The van der Waals surface area contributed by atoms with E-state index in [9.17, 15) is 4.79 Å². The molecule has 0 aromatic heterocycles. The number of carbonyl (C=O) groups is 1. The molecule has 0 unspecified atom stereocenters. The van der Waals surface area contributed by atoms with Crippen LogP contribution in [0.1, 0.15) is 60.3 Å². The zero-order valence-electron chi connectivity index (χ0n) is 14.6. The van der Waals surface area contributed by atoms with Crippen molar-refractivity contribution in [3.8, 4) is 0 Å². The molecule has 0 amide bonds. The average Bonchev–Trinajstić information content (AvgIpc) is 2.42. The van der Waals surface area contributed by atoms with Crippen molar-refractivity contribution in [1.29, 1.82) is 0 Å². The summed E-state index contributed by atoms with van der Waals surface area (Å²) in [5.74, 6) is -0.315. The van der Waals surface area contributed by atoms with Crippen molar-refractivity contribution in [2.24, 2.45) is 0 Å². The molecule has 0 saturated heterocycles. The van der Waals surface area contributed by atoms with E-state index in [4.69, 9.17) is 14.2 Å². The van der Waals surface area contributed by atoms with Gasteiger partial charge in [-0.3, -0.25) is 0 Å². The molecule has 0 aromatic rings. The second-order valence-electron chi connectivity index (χ2n) is 5.17. The fourth-order valence-corrected chi connectivity index (χ4v) is 1.13. The third-order valence-electron chi connectivity index (χ3n) is 2.35. The van der Waals surface area contributed by atoms with Gasteiger partial charge in [-0.2, -0.15) is 0 Å². The SMILES string of the molecule is C=C(C)C(=O)OC(C)C.CCCCOCCOCCCC. The highest BCUT2D eigenvalue weighted by Gasteiger charge is 2.03. The van der Waals surface area contributed by atoms with Crippen molar-refractivity contribution in [3.63, 3.8) is 0 Å². The van der Waals surface area contributed by atoms with Crippen LogP contribution < -0.4 is 0 Å². The molecule has 0 atom stereocenters. The lowest BCUT2D eigenvalue weighted by molar-refractivity contribution is -0.142. The lowest BCUT2D eigenvalue weighted by atomic mass is 10.3. The third kappa shape index (κ3) is 21.6. The van der Waals surface area contributed by atoms with Crippen LogP contribution in [0.25, 0.3) is 0 Å². The highest BCUT2D eigenvalue weighted by Crippen LogP contribution is 1.95. The molecular formula is C17H34O4. The van der Waals surface area contributed by atoms with Gasteiger partial charge in [0.2, 0.25) is 0 Å². The maximum absolute atomic E-state index is 10.6. The van der Waals surface area contributed by atoms with Gasteiger partial charge in [-0.15, -0.1) is 0 Å². The first-order chi connectivity index (χ1) is 9.95. The molecule has 0 bridgehead atoms. The molecule has 0 aliphatic rings. The number of unbranched alkanes of at least 4 members (excludes halogenated alkanes) is 2. The summed E-state index contributed by atoms with van der Waals surface area (Å²) in [5, 5.41) is 0. The van der Waals surface area contributed by atoms with E-state index in [2.05, 4.69) is 20.4 Å². The number of rotatable bonds is 11. The minimum atomic E-state index is -0.315. The summed E-state index contributed by atoms with van der Waals surface area (Å²) in [4.78, 5) is 10.6. The Kier molecular flexibility index (Phi) is 18.3. The first-order valence-electron chi connectivity index (χ1n) is 7.97. The number of esters is 1. The van der Waals surface area contributed by atoms with Crippen molar-refractivity contribution in [2.75, 3.05) is 26.4 Å². The van der Waals surface area contributed by atoms with E-state index in [1.807, 2.05) is 0 Å². The molecule has 0 aliphatic heterocycles. The Morgan fingerprint density at radius 1 is 0.952 bits per heavy atom. The van der Waals surface area contributed by atoms with Gasteiger partial charge in [0.05, 0.1) is 19.3 Å². The fourth-order valence-electron chi connectivity index (χ4n) is 1.13. The molecule has 0 aromatic carbocycles. The molecule has 0 saturated carbocycles. The van der Waals surface area contributed by atoms with E-state index in [1.54, 1.807) is 20.8 Å². The molecule has 0 aliphatic carbocycles. The van der Waals surface area contributed by atoms with Crippen molar-refractivity contribution >= 4 is 5.97 Å². The third-order valence-corrected chi connectivity index (χ3v) is 2.35. The minimum absolute atomic E-state index is 0.0470. The maximum Gasteiger partial charge on any atom is 0.333 e. The zero-order valence-corrected chi connectivity index (χ0v) is 14.6. The van der Waals surface area contributed by atoms with Gasteiger partial charge in [0.1, 0.15) is 0 Å². The molecule has 0 N–H and O–H groups in total. The monoisotopic (exact) mass is 302 g/mol. The highest BCUT2D eigenvalue weighted by molar-refractivity contribution is 5.87. The molecule has 4 heteroatoms. The Morgan fingerprint density at radius 3 is 1.62 bits per heavy atom.